The lowest BCUT2D eigenvalue weighted by molar-refractivity contribution is 0.408. The summed E-state index contributed by atoms with van der Waals surface area (Å²) in [6, 6.07) is 3.45. The first-order valence-corrected chi connectivity index (χ1v) is 10.6. The number of nitrogens with one attached hydrogen (secondary N) is 1. The number of anilines is 1. The van der Waals surface area contributed by atoms with Crippen molar-refractivity contribution in [3.8, 4) is 5.75 Å². The third-order valence-corrected chi connectivity index (χ3v) is 6.71. The normalized spacial score (nSPS) is 17.9. The Morgan fingerprint density at radius 2 is 2.08 bits per heavy atom. The molecular formula is C17H23N3O3S2. The van der Waals surface area contributed by atoms with Gasteiger partial charge in [-0.3, -0.25) is 0 Å². The first kappa shape index (κ1) is 18.2. The Morgan fingerprint density at radius 1 is 1.36 bits per heavy atom. The van der Waals surface area contributed by atoms with Gasteiger partial charge in [0.2, 0.25) is 10.0 Å². The van der Waals surface area contributed by atoms with Gasteiger partial charge in [0.15, 0.2) is 5.13 Å². The van der Waals surface area contributed by atoms with Crippen LogP contribution in [0.5, 0.6) is 5.75 Å². The predicted octanol–water partition coefficient (Wildman–Crippen LogP) is 2.72. The highest BCUT2D eigenvalue weighted by atomic mass is 32.2. The number of aryl methyl sites for hydroxylation is 2. The summed E-state index contributed by atoms with van der Waals surface area (Å²) in [6.45, 7) is 5.00. The Hall–Kier alpha value is -1.64. The SMILES string of the molecule is COc1c(C)cc(S(=O)(=O)NCC2CCCN2c2nccs2)cc1C. The van der Waals surface area contributed by atoms with Gasteiger partial charge in [-0.1, -0.05) is 0 Å². The molecule has 2 heterocycles. The minimum atomic E-state index is -3.56. The standard InChI is InChI=1S/C17H23N3O3S2/c1-12-9-15(10-13(2)16(12)23-3)25(21,22)19-11-14-5-4-7-20(14)17-18-6-8-24-17/h6,8-10,14,19H,4-5,7,11H2,1-3H3. The molecule has 1 saturated heterocycles. The quantitative estimate of drug-likeness (QED) is 0.833. The maximum absolute atomic E-state index is 12.7. The number of hydrogen-bond donors (Lipinski definition) is 1. The maximum atomic E-state index is 12.7. The minimum absolute atomic E-state index is 0.140. The van der Waals surface area contributed by atoms with E-state index in [0.717, 1.165) is 41.4 Å². The van der Waals surface area contributed by atoms with Crippen LogP contribution in [0.4, 0.5) is 5.13 Å². The Balaban J connectivity index is 1.74. The molecule has 3 rings (SSSR count). The van der Waals surface area contributed by atoms with Gasteiger partial charge in [-0.25, -0.2) is 18.1 Å². The molecule has 2 aromatic rings. The van der Waals surface area contributed by atoms with Crippen molar-refractivity contribution in [2.24, 2.45) is 0 Å². The number of nitrogens with zero attached hydrogens (tertiary/aromatic N) is 2. The number of ether oxygens (including phenoxy) is 1. The highest BCUT2D eigenvalue weighted by molar-refractivity contribution is 7.89. The summed E-state index contributed by atoms with van der Waals surface area (Å²) in [5, 5.41) is 2.90. The molecule has 0 saturated carbocycles. The molecular weight excluding hydrogens is 358 g/mol. The number of aromatic nitrogens is 1. The first-order valence-electron chi connectivity index (χ1n) is 8.23. The second-order valence-corrected chi connectivity index (χ2v) is 8.89. The monoisotopic (exact) mass is 381 g/mol. The van der Waals surface area contributed by atoms with E-state index in [4.69, 9.17) is 4.74 Å². The fraction of sp³-hybridized carbons (Fsp3) is 0.471. The predicted molar refractivity (Wildman–Crippen MR) is 100 cm³/mol. The molecule has 0 bridgehead atoms. The second kappa shape index (κ2) is 7.31. The van der Waals surface area contributed by atoms with Crippen LogP contribution in [0.2, 0.25) is 0 Å². The lowest BCUT2D eigenvalue weighted by atomic mass is 10.1. The molecule has 1 atom stereocenters. The van der Waals surface area contributed by atoms with Crippen molar-refractivity contribution in [3.05, 3.63) is 34.8 Å². The van der Waals surface area contributed by atoms with Gasteiger partial charge in [0.05, 0.1) is 12.0 Å². The largest absolute Gasteiger partial charge is 0.496 e. The van der Waals surface area contributed by atoms with Crippen LogP contribution in [0.15, 0.2) is 28.6 Å². The zero-order valence-electron chi connectivity index (χ0n) is 14.7. The number of sulfonamides is 1. The van der Waals surface area contributed by atoms with E-state index >= 15 is 0 Å². The van der Waals surface area contributed by atoms with Crippen LogP contribution in [-0.4, -0.2) is 39.6 Å². The van der Waals surface area contributed by atoms with Crippen LogP contribution in [0.1, 0.15) is 24.0 Å². The van der Waals surface area contributed by atoms with Crippen molar-refractivity contribution in [2.45, 2.75) is 37.6 Å². The van der Waals surface area contributed by atoms with Crippen LogP contribution >= 0.6 is 11.3 Å². The lowest BCUT2D eigenvalue weighted by Crippen LogP contribution is -2.40. The minimum Gasteiger partial charge on any atom is -0.496 e. The van der Waals surface area contributed by atoms with Crippen LogP contribution in [0, 0.1) is 13.8 Å². The Labute approximate surface area is 152 Å². The average molecular weight is 382 g/mol. The average Bonchev–Trinajstić information content (AvgIpc) is 3.23. The van der Waals surface area contributed by atoms with E-state index in [0.29, 0.717) is 6.54 Å². The van der Waals surface area contributed by atoms with E-state index in [-0.39, 0.29) is 10.9 Å². The zero-order chi connectivity index (χ0) is 18.0. The number of hydrogen-bond acceptors (Lipinski definition) is 6. The van der Waals surface area contributed by atoms with Gasteiger partial charge >= 0.3 is 0 Å². The van der Waals surface area contributed by atoms with Crippen molar-refractivity contribution in [2.75, 3.05) is 25.1 Å². The summed E-state index contributed by atoms with van der Waals surface area (Å²) >= 11 is 1.59. The molecule has 0 radical (unpaired) electrons. The highest BCUT2D eigenvalue weighted by Gasteiger charge is 2.28. The molecule has 136 valence electrons. The zero-order valence-corrected chi connectivity index (χ0v) is 16.3. The van der Waals surface area contributed by atoms with E-state index in [2.05, 4.69) is 14.6 Å². The van der Waals surface area contributed by atoms with Crippen LogP contribution < -0.4 is 14.4 Å². The molecule has 25 heavy (non-hydrogen) atoms. The van der Waals surface area contributed by atoms with Crippen LogP contribution in [0.3, 0.4) is 0 Å². The van der Waals surface area contributed by atoms with Gasteiger partial charge in [-0.2, -0.15) is 0 Å². The topological polar surface area (TPSA) is 71.5 Å². The fourth-order valence-corrected chi connectivity index (χ4v) is 5.32. The molecule has 1 aliphatic rings. The summed E-state index contributed by atoms with van der Waals surface area (Å²) < 4.78 is 33.5. The lowest BCUT2D eigenvalue weighted by Gasteiger charge is -2.24. The summed E-state index contributed by atoms with van der Waals surface area (Å²) in [5.74, 6) is 0.727. The first-order chi connectivity index (χ1) is 11.9. The Bertz CT molecular complexity index is 812. The summed E-state index contributed by atoms with van der Waals surface area (Å²) in [6.07, 6.45) is 3.79. The number of thiazole rings is 1. The van der Waals surface area contributed by atoms with E-state index in [9.17, 15) is 8.42 Å². The molecule has 0 amide bonds. The van der Waals surface area contributed by atoms with Gasteiger partial charge in [-0.05, 0) is 49.9 Å². The van der Waals surface area contributed by atoms with Crippen LogP contribution in [-0.2, 0) is 10.0 Å². The van der Waals surface area contributed by atoms with Crippen molar-refractivity contribution in [1.82, 2.24) is 9.71 Å². The van der Waals surface area contributed by atoms with Gasteiger partial charge in [0.1, 0.15) is 5.75 Å². The molecule has 1 unspecified atom stereocenters. The van der Waals surface area contributed by atoms with Crippen LogP contribution in [0.25, 0.3) is 0 Å². The van der Waals surface area contributed by atoms with E-state index in [1.54, 1.807) is 36.8 Å². The smallest absolute Gasteiger partial charge is 0.240 e. The molecule has 6 nitrogen and oxygen atoms in total. The molecule has 1 aliphatic heterocycles. The molecule has 0 aliphatic carbocycles. The highest BCUT2D eigenvalue weighted by Crippen LogP contribution is 2.28. The second-order valence-electron chi connectivity index (χ2n) is 6.25. The number of rotatable bonds is 6. The molecule has 1 aromatic heterocycles. The van der Waals surface area contributed by atoms with E-state index in [1.165, 1.54) is 0 Å². The maximum Gasteiger partial charge on any atom is 0.240 e. The van der Waals surface area contributed by atoms with Crippen molar-refractivity contribution in [3.63, 3.8) is 0 Å². The van der Waals surface area contributed by atoms with E-state index in [1.807, 2.05) is 19.2 Å². The molecule has 0 spiro atoms. The van der Waals surface area contributed by atoms with Crippen molar-refractivity contribution in [1.29, 1.82) is 0 Å². The number of methoxy groups -OCH3 is 1. The van der Waals surface area contributed by atoms with Gasteiger partial charge in [-0.15, -0.1) is 11.3 Å². The van der Waals surface area contributed by atoms with Gasteiger partial charge < -0.3 is 9.64 Å². The summed E-state index contributed by atoms with van der Waals surface area (Å²) in [4.78, 5) is 6.82. The number of benzene rings is 1. The molecule has 1 N–H and O–H groups in total. The fourth-order valence-electron chi connectivity index (χ4n) is 3.33. The van der Waals surface area contributed by atoms with Gasteiger partial charge in [0.25, 0.3) is 0 Å². The Morgan fingerprint density at radius 3 is 2.68 bits per heavy atom. The van der Waals surface area contributed by atoms with E-state index < -0.39 is 10.0 Å². The van der Waals surface area contributed by atoms with Crippen molar-refractivity contribution >= 4 is 26.5 Å². The molecule has 8 heteroatoms. The molecule has 1 aromatic carbocycles. The third kappa shape index (κ3) is 3.80. The molecule has 1 fully saturated rings. The van der Waals surface area contributed by atoms with Gasteiger partial charge in [0, 0.05) is 30.7 Å². The third-order valence-electron chi connectivity index (χ3n) is 4.50. The Kier molecular flexibility index (Phi) is 5.31. The van der Waals surface area contributed by atoms with Crippen molar-refractivity contribution < 1.29 is 13.2 Å². The summed E-state index contributed by atoms with van der Waals surface area (Å²) in [7, 11) is -1.97. The summed E-state index contributed by atoms with van der Waals surface area (Å²) in [5.41, 5.74) is 1.63.